The van der Waals surface area contributed by atoms with E-state index in [4.69, 9.17) is 4.74 Å². The van der Waals surface area contributed by atoms with Crippen molar-refractivity contribution in [3.63, 3.8) is 0 Å². The van der Waals surface area contributed by atoms with Gasteiger partial charge in [-0.3, -0.25) is 14.5 Å². The van der Waals surface area contributed by atoms with E-state index in [1.807, 2.05) is 41.3 Å². The van der Waals surface area contributed by atoms with Crippen LogP contribution in [0.1, 0.15) is 22.6 Å². The molecule has 7 nitrogen and oxygen atoms in total. The third-order valence-corrected chi connectivity index (χ3v) is 6.66. The fraction of sp³-hybridized carbons (Fsp3) is 0.160. The Hall–Kier alpha value is -3.62. The zero-order chi connectivity index (χ0) is 22.6. The third kappa shape index (κ3) is 4.35. The van der Waals surface area contributed by atoms with E-state index in [1.54, 1.807) is 43.8 Å². The topological polar surface area (TPSA) is 83.1 Å². The van der Waals surface area contributed by atoms with Crippen molar-refractivity contribution in [2.24, 2.45) is 0 Å². The fourth-order valence-corrected chi connectivity index (χ4v) is 5.00. The van der Waals surface area contributed by atoms with Gasteiger partial charge in [-0.05, 0) is 53.4 Å². The largest absolute Gasteiger partial charge is 0.481 e. The fourth-order valence-electron chi connectivity index (χ4n) is 4.12. The number of anilines is 2. The lowest BCUT2D eigenvalue weighted by Gasteiger charge is -2.29. The second-order valence-corrected chi connectivity index (χ2v) is 8.57. The van der Waals surface area contributed by atoms with Crippen LogP contribution < -0.4 is 19.9 Å². The Kier molecular flexibility index (Phi) is 6.10. The Morgan fingerprint density at radius 2 is 1.94 bits per heavy atom. The minimum atomic E-state index is -0.0985. The molecule has 3 aromatic heterocycles. The lowest BCUT2D eigenvalue weighted by molar-refractivity contribution is 0.398. The Labute approximate surface area is 196 Å². The summed E-state index contributed by atoms with van der Waals surface area (Å²) in [6, 6.07) is 18.0. The van der Waals surface area contributed by atoms with E-state index in [9.17, 15) is 4.79 Å². The highest BCUT2D eigenvalue weighted by Crippen LogP contribution is 2.37. The molecular formula is C25H23N5O2S. The van der Waals surface area contributed by atoms with Crippen LogP contribution in [0.3, 0.4) is 0 Å². The van der Waals surface area contributed by atoms with Gasteiger partial charge in [-0.15, -0.1) is 0 Å². The first-order chi connectivity index (χ1) is 16.2. The summed E-state index contributed by atoms with van der Waals surface area (Å²) in [5.74, 6) is 0.606. The standard InChI is InChI=1S/C25H23N5O2S/c1-32-24-9-8-18(14-28-24)30(17-5-4-11-26-13-17)16-22-19(10-12-27-25(22)31)21-15-29-33-23-7-3-2-6-20(21)23/h2-14,21,29H,15-16H2,1H3,(H,27,31). The number of hydrogen-bond acceptors (Lipinski definition) is 7. The average molecular weight is 458 g/mol. The lowest BCUT2D eigenvalue weighted by atomic mass is 9.88. The molecule has 1 unspecified atom stereocenters. The van der Waals surface area contributed by atoms with Crippen LogP contribution >= 0.6 is 11.9 Å². The highest BCUT2D eigenvalue weighted by Gasteiger charge is 2.26. The minimum absolute atomic E-state index is 0.0736. The van der Waals surface area contributed by atoms with Crippen LogP contribution in [0.5, 0.6) is 5.88 Å². The predicted molar refractivity (Wildman–Crippen MR) is 130 cm³/mol. The van der Waals surface area contributed by atoms with Crippen molar-refractivity contribution in [3.8, 4) is 5.88 Å². The molecule has 33 heavy (non-hydrogen) atoms. The number of aromatic nitrogens is 3. The van der Waals surface area contributed by atoms with Gasteiger partial charge in [0.25, 0.3) is 5.56 Å². The number of ether oxygens (including phenoxy) is 1. The molecule has 0 amide bonds. The molecule has 0 saturated heterocycles. The monoisotopic (exact) mass is 457 g/mol. The molecule has 8 heteroatoms. The van der Waals surface area contributed by atoms with Crippen LogP contribution in [0.15, 0.2) is 89.1 Å². The molecular weight excluding hydrogens is 434 g/mol. The molecule has 1 aliphatic rings. The van der Waals surface area contributed by atoms with Gasteiger partial charge in [0, 0.05) is 41.4 Å². The number of aromatic amines is 1. The number of benzene rings is 1. The summed E-state index contributed by atoms with van der Waals surface area (Å²) in [6.07, 6.45) is 7.00. The first-order valence-corrected chi connectivity index (χ1v) is 11.4. The highest BCUT2D eigenvalue weighted by molar-refractivity contribution is 7.97. The van der Waals surface area contributed by atoms with E-state index < -0.39 is 0 Å². The number of nitrogens with zero attached hydrogens (tertiary/aromatic N) is 3. The first-order valence-electron chi connectivity index (χ1n) is 10.6. The Morgan fingerprint density at radius 3 is 2.73 bits per heavy atom. The Bertz CT molecular complexity index is 1290. The summed E-state index contributed by atoms with van der Waals surface area (Å²) in [7, 11) is 1.59. The number of H-pyrrole nitrogens is 1. The Balaban J connectivity index is 1.59. The summed E-state index contributed by atoms with van der Waals surface area (Å²) in [6.45, 7) is 1.12. The lowest BCUT2D eigenvalue weighted by Crippen LogP contribution is -2.29. The van der Waals surface area contributed by atoms with Gasteiger partial charge in [-0.1, -0.05) is 18.2 Å². The third-order valence-electron chi connectivity index (χ3n) is 5.75. The maximum atomic E-state index is 13.1. The first kappa shape index (κ1) is 21.2. The number of methoxy groups -OCH3 is 1. The van der Waals surface area contributed by atoms with Crippen LogP contribution in [-0.4, -0.2) is 28.6 Å². The molecule has 4 aromatic rings. The molecule has 4 heterocycles. The minimum Gasteiger partial charge on any atom is -0.481 e. The zero-order valence-corrected chi connectivity index (χ0v) is 18.9. The quantitative estimate of drug-likeness (QED) is 0.419. The number of hydrogen-bond donors (Lipinski definition) is 2. The van der Waals surface area contributed by atoms with Crippen LogP contribution in [0.25, 0.3) is 0 Å². The van der Waals surface area contributed by atoms with Crippen LogP contribution in [-0.2, 0) is 6.54 Å². The molecule has 0 fully saturated rings. The van der Waals surface area contributed by atoms with Gasteiger partial charge in [0.05, 0.1) is 37.4 Å². The molecule has 0 spiro atoms. The van der Waals surface area contributed by atoms with E-state index in [0.717, 1.165) is 23.5 Å². The second-order valence-electron chi connectivity index (χ2n) is 7.64. The maximum Gasteiger partial charge on any atom is 0.253 e. The van der Waals surface area contributed by atoms with Gasteiger partial charge in [-0.2, -0.15) is 0 Å². The van der Waals surface area contributed by atoms with Gasteiger partial charge in [-0.25, -0.2) is 4.98 Å². The SMILES string of the molecule is COc1ccc(N(Cc2c(C3CNSc4ccccc43)cc[nH]c2=O)c2cccnc2)cn1. The molecule has 5 rings (SSSR count). The molecule has 0 aliphatic carbocycles. The summed E-state index contributed by atoms with van der Waals surface area (Å²) in [5.41, 5.74) is 4.57. The van der Waals surface area contributed by atoms with Crippen LogP contribution in [0, 0.1) is 0 Å². The van der Waals surface area contributed by atoms with Crippen molar-refractivity contribution in [2.75, 3.05) is 18.6 Å². The predicted octanol–water partition coefficient (Wildman–Crippen LogP) is 4.25. The summed E-state index contributed by atoms with van der Waals surface area (Å²) < 4.78 is 8.64. The molecule has 0 radical (unpaired) electrons. The van der Waals surface area contributed by atoms with E-state index in [-0.39, 0.29) is 11.5 Å². The number of rotatable bonds is 6. The molecule has 1 atom stereocenters. The molecule has 0 saturated carbocycles. The van der Waals surface area contributed by atoms with Crippen molar-refractivity contribution in [2.45, 2.75) is 17.4 Å². The molecule has 2 N–H and O–H groups in total. The van der Waals surface area contributed by atoms with Gasteiger partial charge in [0.2, 0.25) is 5.88 Å². The van der Waals surface area contributed by atoms with Crippen LogP contribution in [0.4, 0.5) is 11.4 Å². The maximum absolute atomic E-state index is 13.1. The normalized spacial score (nSPS) is 15.0. The van der Waals surface area contributed by atoms with E-state index >= 15 is 0 Å². The van der Waals surface area contributed by atoms with E-state index in [2.05, 4.69) is 37.9 Å². The summed E-state index contributed by atoms with van der Waals surface area (Å²) in [4.78, 5) is 27.9. The summed E-state index contributed by atoms with van der Waals surface area (Å²) >= 11 is 1.63. The van der Waals surface area contributed by atoms with Crippen molar-refractivity contribution >= 4 is 23.3 Å². The zero-order valence-electron chi connectivity index (χ0n) is 18.1. The molecule has 166 valence electrons. The van der Waals surface area contributed by atoms with Gasteiger partial charge >= 0.3 is 0 Å². The van der Waals surface area contributed by atoms with E-state index in [0.29, 0.717) is 18.0 Å². The molecule has 1 aromatic carbocycles. The Morgan fingerprint density at radius 1 is 1.06 bits per heavy atom. The van der Waals surface area contributed by atoms with Gasteiger partial charge in [0.1, 0.15) is 0 Å². The molecule has 1 aliphatic heterocycles. The second kappa shape index (κ2) is 9.48. The summed E-state index contributed by atoms with van der Waals surface area (Å²) in [5, 5.41) is 0. The smallest absolute Gasteiger partial charge is 0.253 e. The van der Waals surface area contributed by atoms with E-state index in [1.165, 1.54) is 10.5 Å². The van der Waals surface area contributed by atoms with Crippen molar-refractivity contribution in [3.05, 3.63) is 106 Å². The molecule has 0 bridgehead atoms. The average Bonchev–Trinajstić information content (AvgIpc) is 2.88. The van der Waals surface area contributed by atoms with Crippen molar-refractivity contribution in [1.82, 2.24) is 19.7 Å². The highest BCUT2D eigenvalue weighted by atomic mass is 32.2. The van der Waals surface area contributed by atoms with Gasteiger partial charge in [0.15, 0.2) is 0 Å². The van der Waals surface area contributed by atoms with Crippen molar-refractivity contribution in [1.29, 1.82) is 0 Å². The number of nitrogens with one attached hydrogen (secondary N) is 2. The number of fused-ring (bicyclic) bond motifs is 1. The van der Waals surface area contributed by atoms with Crippen LogP contribution in [0.2, 0.25) is 0 Å². The van der Waals surface area contributed by atoms with Crippen molar-refractivity contribution < 1.29 is 4.74 Å². The number of pyridine rings is 3. The van der Waals surface area contributed by atoms with Gasteiger partial charge < -0.3 is 14.6 Å².